The van der Waals surface area contributed by atoms with Gasteiger partial charge >= 0.3 is 5.97 Å². The molecule has 1 heterocycles. The lowest BCUT2D eigenvalue weighted by Crippen LogP contribution is -2.28. The highest BCUT2D eigenvalue weighted by Gasteiger charge is 2.19. The van der Waals surface area contributed by atoms with Crippen LogP contribution < -0.4 is 19.5 Å². The smallest absolute Gasteiger partial charge is 0.338 e. The number of hydrogen-bond acceptors (Lipinski definition) is 7. The topological polar surface area (TPSA) is 120 Å². The SMILES string of the molecule is CCOC(=O)c1ccc(NC(=O)CCNS(=O)(=O)c2ccc3c(c2)OCCO3)cc1. The first-order valence-corrected chi connectivity index (χ1v) is 10.8. The van der Waals surface area contributed by atoms with Crippen molar-refractivity contribution in [3.05, 3.63) is 48.0 Å². The molecule has 10 heteroatoms. The second kappa shape index (κ2) is 9.59. The number of carbonyl (C=O) groups is 2. The molecule has 2 aromatic carbocycles. The molecule has 160 valence electrons. The van der Waals surface area contributed by atoms with Crippen LogP contribution in [0.1, 0.15) is 23.7 Å². The van der Waals surface area contributed by atoms with Gasteiger partial charge in [0.25, 0.3) is 0 Å². The van der Waals surface area contributed by atoms with Crippen molar-refractivity contribution in [3.63, 3.8) is 0 Å². The third kappa shape index (κ3) is 5.49. The van der Waals surface area contributed by atoms with Crippen molar-refractivity contribution in [2.75, 3.05) is 31.7 Å². The summed E-state index contributed by atoms with van der Waals surface area (Å²) in [5, 5.41) is 2.64. The van der Waals surface area contributed by atoms with Gasteiger partial charge < -0.3 is 19.5 Å². The Labute approximate surface area is 174 Å². The minimum atomic E-state index is -3.80. The lowest BCUT2D eigenvalue weighted by Gasteiger charge is -2.18. The largest absolute Gasteiger partial charge is 0.486 e. The number of amides is 1. The Morgan fingerprint density at radius 2 is 1.73 bits per heavy atom. The maximum Gasteiger partial charge on any atom is 0.338 e. The zero-order valence-corrected chi connectivity index (χ0v) is 17.2. The van der Waals surface area contributed by atoms with Crippen LogP contribution in [0.15, 0.2) is 47.4 Å². The maximum absolute atomic E-state index is 12.4. The fraction of sp³-hybridized carbons (Fsp3) is 0.300. The number of ether oxygens (including phenoxy) is 3. The summed E-state index contributed by atoms with van der Waals surface area (Å²) in [6, 6.07) is 10.6. The summed E-state index contributed by atoms with van der Waals surface area (Å²) < 4.78 is 42.9. The zero-order chi connectivity index (χ0) is 21.6. The number of anilines is 1. The molecule has 3 rings (SSSR count). The normalized spacial score (nSPS) is 12.8. The first kappa shape index (κ1) is 21.6. The van der Waals surface area contributed by atoms with Crippen molar-refractivity contribution in [1.82, 2.24) is 4.72 Å². The molecular formula is C20H22N2O7S. The first-order chi connectivity index (χ1) is 14.4. The molecule has 2 aromatic rings. The number of hydrogen-bond donors (Lipinski definition) is 2. The molecule has 1 aliphatic heterocycles. The second-order valence-corrected chi connectivity index (χ2v) is 8.07. The van der Waals surface area contributed by atoms with Crippen molar-refractivity contribution < 1.29 is 32.2 Å². The minimum Gasteiger partial charge on any atom is -0.486 e. The number of rotatable bonds is 8. The van der Waals surface area contributed by atoms with E-state index in [1.54, 1.807) is 19.1 Å². The fourth-order valence-corrected chi connectivity index (χ4v) is 3.75. The summed E-state index contributed by atoms with van der Waals surface area (Å²) in [4.78, 5) is 23.7. The van der Waals surface area contributed by atoms with Crippen LogP contribution in [0.4, 0.5) is 5.69 Å². The molecule has 0 fully saturated rings. The van der Waals surface area contributed by atoms with Crippen molar-refractivity contribution in [1.29, 1.82) is 0 Å². The third-order valence-electron chi connectivity index (χ3n) is 4.15. The van der Waals surface area contributed by atoms with Crippen molar-refractivity contribution >= 4 is 27.6 Å². The summed E-state index contributed by atoms with van der Waals surface area (Å²) in [6.45, 7) is 2.68. The molecule has 0 spiro atoms. The maximum atomic E-state index is 12.4. The van der Waals surface area contributed by atoms with Crippen LogP contribution in [0, 0.1) is 0 Å². The van der Waals surface area contributed by atoms with Crippen LogP contribution in [-0.4, -0.2) is 46.7 Å². The molecule has 0 saturated heterocycles. The Bertz CT molecular complexity index is 1020. The molecule has 9 nitrogen and oxygen atoms in total. The van der Waals surface area contributed by atoms with Gasteiger partial charge in [-0.3, -0.25) is 4.79 Å². The van der Waals surface area contributed by atoms with Crippen molar-refractivity contribution in [2.45, 2.75) is 18.2 Å². The van der Waals surface area contributed by atoms with Gasteiger partial charge in [-0.1, -0.05) is 0 Å². The van der Waals surface area contributed by atoms with Crippen LogP contribution in [0.5, 0.6) is 11.5 Å². The van der Waals surface area contributed by atoms with Crippen molar-refractivity contribution in [2.24, 2.45) is 0 Å². The monoisotopic (exact) mass is 434 g/mol. The van der Waals surface area contributed by atoms with E-state index in [0.29, 0.717) is 36.0 Å². The molecule has 2 N–H and O–H groups in total. The Hall–Kier alpha value is -3.11. The Balaban J connectivity index is 1.50. The minimum absolute atomic E-state index is 0.0294. The second-order valence-electron chi connectivity index (χ2n) is 6.30. The van der Waals surface area contributed by atoms with E-state index in [4.69, 9.17) is 14.2 Å². The van der Waals surface area contributed by atoms with E-state index < -0.39 is 16.0 Å². The van der Waals surface area contributed by atoms with E-state index in [-0.39, 0.29) is 30.4 Å². The summed E-state index contributed by atoms with van der Waals surface area (Å²) in [7, 11) is -3.80. The summed E-state index contributed by atoms with van der Waals surface area (Å²) in [5.41, 5.74) is 0.866. The molecule has 0 atom stereocenters. The van der Waals surface area contributed by atoms with Crippen molar-refractivity contribution in [3.8, 4) is 11.5 Å². The number of fused-ring (bicyclic) bond motifs is 1. The molecule has 1 amide bonds. The molecule has 0 radical (unpaired) electrons. The summed E-state index contributed by atoms with van der Waals surface area (Å²) >= 11 is 0. The van der Waals surface area contributed by atoms with Gasteiger partial charge in [-0.05, 0) is 43.3 Å². The van der Waals surface area contributed by atoms with Crippen LogP contribution in [0.2, 0.25) is 0 Å². The number of nitrogens with one attached hydrogen (secondary N) is 2. The zero-order valence-electron chi connectivity index (χ0n) is 16.3. The predicted octanol–water partition coefficient (Wildman–Crippen LogP) is 1.94. The first-order valence-electron chi connectivity index (χ1n) is 9.35. The van der Waals surface area contributed by atoms with Crippen LogP contribution in [0.3, 0.4) is 0 Å². The van der Waals surface area contributed by atoms with Gasteiger partial charge in [-0.25, -0.2) is 17.9 Å². The third-order valence-corrected chi connectivity index (χ3v) is 5.61. The van der Waals surface area contributed by atoms with E-state index >= 15 is 0 Å². The van der Waals surface area contributed by atoms with E-state index in [1.165, 1.54) is 30.3 Å². The molecule has 0 bridgehead atoms. The molecular weight excluding hydrogens is 412 g/mol. The molecule has 0 unspecified atom stereocenters. The van der Waals surface area contributed by atoms with E-state index in [2.05, 4.69) is 10.0 Å². The van der Waals surface area contributed by atoms with Gasteiger partial charge in [0.1, 0.15) is 13.2 Å². The summed E-state index contributed by atoms with van der Waals surface area (Å²) in [5.74, 6) is 0.0503. The fourth-order valence-electron chi connectivity index (χ4n) is 2.70. The molecule has 1 aliphatic rings. The average Bonchev–Trinajstić information content (AvgIpc) is 2.74. The molecule has 0 aliphatic carbocycles. The van der Waals surface area contributed by atoms with Gasteiger partial charge in [0.05, 0.1) is 17.1 Å². The Morgan fingerprint density at radius 1 is 1.03 bits per heavy atom. The Kier molecular flexibility index (Phi) is 6.91. The van der Waals surface area contributed by atoms with Crippen LogP contribution >= 0.6 is 0 Å². The van der Waals surface area contributed by atoms with Crippen LogP contribution in [0.25, 0.3) is 0 Å². The van der Waals surface area contributed by atoms with E-state index in [9.17, 15) is 18.0 Å². The standard InChI is InChI=1S/C20H22N2O7S/c1-2-27-20(24)14-3-5-15(6-4-14)22-19(23)9-10-21-30(25,26)16-7-8-17-18(13-16)29-12-11-28-17/h3-8,13,21H,2,9-12H2,1H3,(H,22,23). The van der Waals surface area contributed by atoms with Gasteiger partial charge in [0.2, 0.25) is 15.9 Å². The number of esters is 1. The van der Waals surface area contributed by atoms with Gasteiger partial charge in [0, 0.05) is 24.7 Å². The highest BCUT2D eigenvalue weighted by Crippen LogP contribution is 2.32. The van der Waals surface area contributed by atoms with Crippen LogP contribution in [-0.2, 0) is 19.6 Å². The molecule has 0 aromatic heterocycles. The van der Waals surface area contributed by atoms with Gasteiger partial charge in [-0.15, -0.1) is 0 Å². The number of benzene rings is 2. The highest BCUT2D eigenvalue weighted by atomic mass is 32.2. The highest BCUT2D eigenvalue weighted by molar-refractivity contribution is 7.89. The number of carbonyl (C=O) groups excluding carboxylic acids is 2. The van der Waals surface area contributed by atoms with E-state index in [0.717, 1.165) is 0 Å². The van der Waals surface area contributed by atoms with E-state index in [1.807, 2.05) is 0 Å². The quantitative estimate of drug-likeness (QED) is 0.609. The lowest BCUT2D eigenvalue weighted by molar-refractivity contribution is -0.116. The lowest BCUT2D eigenvalue weighted by atomic mass is 10.2. The predicted molar refractivity (Wildman–Crippen MR) is 108 cm³/mol. The Morgan fingerprint density at radius 3 is 2.43 bits per heavy atom. The van der Waals surface area contributed by atoms with Gasteiger partial charge in [-0.2, -0.15) is 0 Å². The summed E-state index contributed by atoms with van der Waals surface area (Å²) in [6.07, 6.45) is -0.0661. The van der Waals surface area contributed by atoms with Gasteiger partial charge in [0.15, 0.2) is 11.5 Å². The average molecular weight is 434 g/mol. The molecule has 30 heavy (non-hydrogen) atoms. The number of sulfonamides is 1. The molecule has 0 saturated carbocycles.